The zero-order chi connectivity index (χ0) is 14.5. The smallest absolute Gasteiger partial charge is 0.0389 e. The third kappa shape index (κ3) is 2.97. The van der Waals surface area contributed by atoms with E-state index in [0.717, 1.165) is 13.0 Å². The maximum absolute atomic E-state index is 4.64. The van der Waals surface area contributed by atoms with Gasteiger partial charge in [0.25, 0.3) is 0 Å². The van der Waals surface area contributed by atoms with Crippen LogP contribution in [-0.4, -0.2) is 12.8 Å². The molecule has 0 saturated heterocycles. The lowest BCUT2D eigenvalue weighted by Crippen LogP contribution is -1.98. The van der Waals surface area contributed by atoms with Crippen molar-refractivity contribution < 1.29 is 0 Å². The van der Waals surface area contributed by atoms with E-state index in [4.69, 9.17) is 0 Å². The molecule has 106 valence electrons. The van der Waals surface area contributed by atoms with Crippen molar-refractivity contribution in [1.82, 2.24) is 0 Å². The molecule has 1 heteroatoms. The van der Waals surface area contributed by atoms with Gasteiger partial charge in [-0.1, -0.05) is 74.0 Å². The third-order valence-electron chi connectivity index (χ3n) is 3.97. The molecule has 3 rings (SSSR count). The highest BCUT2D eigenvalue weighted by Gasteiger charge is 2.13. The molecule has 0 N–H and O–H groups in total. The van der Waals surface area contributed by atoms with Gasteiger partial charge >= 0.3 is 0 Å². The van der Waals surface area contributed by atoms with Crippen LogP contribution in [0.25, 0.3) is 10.8 Å². The summed E-state index contributed by atoms with van der Waals surface area (Å²) in [4.78, 5) is 4.64. The number of fused-ring (bicyclic) bond motifs is 1. The summed E-state index contributed by atoms with van der Waals surface area (Å²) < 4.78 is 0. The highest BCUT2D eigenvalue weighted by Crippen LogP contribution is 2.30. The Morgan fingerprint density at radius 2 is 1.86 bits per heavy atom. The van der Waals surface area contributed by atoms with Gasteiger partial charge in [0.2, 0.25) is 0 Å². The van der Waals surface area contributed by atoms with E-state index in [1.807, 2.05) is 0 Å². The first-order valence-corrected chi connectivity index (χ1v) is 7.76. The normalized spacial score (nSPS) is 14.7. The first-order chi connectivity index (χ1) is 10.4. The minimum Gasteiger partial charge on any atom is -0.293 e. The standard InChI is InChI=1S/C20H21N/c1-2-3-14-21-15-20-18-11-7-6-10-17(18)12-13-19(20)16-8-4-5-9-16/h4-13,15-16H,2-3,14H2,1H3. The fourth-order valence-corrected chi connectivity index (χ4v) is 2.79. The van der Waals surface area contributed by atoms with E-state index in [1.54, 1.807) is 0 Å². The van der Waals surface area contributed by atoms with Crippen LogP contribution in [0.4, 0.5) is 0 Å². The van der Waals surface area contributed by atoms with E-state index < -0.39 is 0 Å². The Labute approximate surface area is 126 Å². The number of allylic oxidation sites excluding steroid dienone is 4. The fraction of sp³-hybridized carbons (Fsp3) is 0.250. The van der Waals surface area contributed by atoms with Crippen LogP contribution < -0.4 is 0 Å². The van der Waals surface area contributed by atoms with Gasteiger partial charge in [-0.25, -0.2) is 0 Å². The van der Waals surface area contributed by atoms with Crippen molar-refractivity contribution in [3.63, 3.8) is 0 Å². The van der Waals surface area contributed by atoms with Crippen LogP contribution >= 0.6 is 0 Å². The Morgan fingerprint density at radius 1 is 1.05 bits per heavy atom. The zero-order valence-corrected chi connectivity index (χ0v) is 12.5. The molecule has 1 aliphatic carbocycles. The summed E-state index contributed by atoms with van der Waals surface area (Å²) >= 11 is 0. The molecule has 0 saturated carbocycles. The van der Waals surface area contributed by atoms with Gasteiger partial charge in [0.05, 0.1) is 0 Å². The van der Waals surface area contributed by atoms with Crippen molar-refractivity contribution in [1.29, 1.82) is 0 Å². The lowest BCUT2D eigenvalue weighted by Gasteiger charge is -2.13. The maximum Gasteiger partial charge on any atom is 0.0389 e. The molecule has 2 aromatic rings. The number of hydrogen-bond donors (Lipinski definition) is 0. The Kier molecular flexibility index (Phi) is 4.30. The molecule has 0 amide bonds. The second-order valence-corrected chi connectivity index (χ2v) is 5.47. The van der Waals surface area contributed by atoms with Gasteiger partial charge in [0.15, 0.2) is 0 Å². The number of aliphatic imine (C=N–C) groups is 1. The maximum atomic E-state index is 4.64. The second kappa shape index (κ2) is 6.53. The minimum absolute atomic E-state index is 0.377. The summed E-state index contributed by atoms with van der Waals surface area (Å²) in [7, 11) is 0. The SMILES string of the molecule is CCCCN=Cc1c(C2C=CC=C2)ccc2ccccc12. The van der Waals surface area contributed by atoms with Gasteiger partial charge in [-0.3, -0.25) is 4.99 Å². The summed E-state index contributed by atoms with van der Waals surface area (Å²) in [5, 5.41) is 2.58. The van der Waals surface area contributed by atoms with Gasteiger partial charge in [-0.2, -0.15) is 0 Å². The molecular formula is C20H21N. The Hall–Kier alpha value is -2.15. The topological polar surface area (TPSA) is 12.4 Å². The Balaban J connectivity index is 2.06. The molecule has 0 aliphatic heterocycles. The van der Waals surface area contributed by atoms with Crippen molar-refractivity contribution >= 4 is 17.0 Å². The Bertz CT molecular complexity index is 695. The lowest BCUT2D eigenvalue weighted by molar-refractivity contribution is 0.810. The van der Waals surface area contributed by atoms with Crippen LogP contribution in [-0.2, 0) is 0 Å². The summed E-state index contributed by atoms with van der Waals surface area (Å²) in [6.07, 6.45) is 13.2. The molecule has 1 aliphatic rings. The molecule has 0 bridgehead atoms. The third-order valence-corrected chi connectivity index (χ3v) is 3.97. The predicted molar refractivity (Wildman–Crippen MR) is 92.3 cm³/mol. The molecule has 0 atom stereocenters. The molecule has 0 unspecified atom stereocenters. The lowest BCUT2D eigenvalue weighted by atomic mass is 9.91. The summed E-state index contributed by atoms with van der Waals surface area (Å²) in [6.45, 7) is 3.11. The highest BCUT2D eigenvalue weighted by atomic mass is 14.7. The van der Waals surface area contributed by atoms with Crippen molar-refractivity contribution in [2.75, 3.05) is 6.54 Å². The monoisotopic (exact) mass is 275 g/mol. The first kappa shape index (κ1) is 13.8. The number of rotatable bonds is 5. The molecule has 2 aromatic carbocycles. The average Bonchev–Trinajstić information content (AvgIpc) is 3.05. The van der Waals surface area contributed by atoms with E-state index in [1.165, 1.54) is 28.3 Å². The average molecular weight is 275 g/mol. The van der Waals surface area contributed by atoms with E-state index in [0.29, 0.717) is 5.92 Å². The first-order valence-electron chi connectivity index (χ1n) is 7.76. The number of nitrogens with zero attached hydrogens (tertiary/aromatic N) is 1. The van der Waals surface area contributed by atoms with E-state index >= 15 is 0 Å². The van der Waals surface area contributed by atoms with Gasteiger partial charge in [-0.15, -0.1) is 0 Å². The van der Waals surface area contributed by atoms with Crippen LogP contribution in [0.15, 0.2) is 65.7 Å². The molecule has 0 aromatic heterocycles. The largest absolute Gasteiger partial charge is 0.293 e. The molecule has 1 nitrogen and oxygen atoms in total. The van der Waals surface area contributed by atoms with E-state index in [2.05, 4.69) is 78.8 Å². The molecular weight excluding hydrogens is 254 g/mol. The Morgan fingerprint density at radius 3 is 2.67 bits per heavy atom. The molecule has 0 fully saturated rings. The summed E-state index contributed by atoms with van der Waals surface area (Å²) in [5.41, 5.74) is 2.62. The van der Waals surface area contributed by atoms with E-state index in [9.17, 15) is 0 Å². The molecule has 0 heterocycles. The van der Waals surface area contributed by atoms with Crippen LogP contribution in [0.5, 0.6) is 0 Å². The molecule has 0 spiro atoms. The van der Waals surface area contributed by atoms with Crippen LogP contribution in [0, 0.1) is 0 Å². The van der Waals surface area contributed by atoms with Crippen molar-refractivity contribution in [2.45, 2.75) is 25.7 Å². The molecule has 21 heavy (non-hydrogen) atoms. The van der Waals surface area contributed by atoms with Gasteiger partial charge < -0.3 is 0 Å². The van der Waals surface area contributed by atoms with Crippen molar-refractivity contribution in [3.05, 3.63) is 71.8 Å². The van der Waals surface area contributed by atoms with Crippen LogP contribution in [0.1, 0.15) is 36.8 Å². The number of unbranched alkanes of at least 4 members (excludes halogenated alkanes) is 1. The van der Waals surface area contributed by atoms with Crippen molar-refractivity contribution in [3.8, 4) is 0 Å². The quantitative estimate of drug-likeness (QED) is 0.521. The summed E-state index contributed by atoms with van der Waals surface area (Å²) in [6, 6.07) is 13.0. The fourth-order valence-electron chi connectivity index (χ4n) is 2.79. The van der Waals surface area contributed by atoms with Crippen molar-refractivity contribution in [2.24, 2.45) is 4.99 Å². The molecule has 0 radical (unpaired) electrons. The van der Waals surface area contributed by atoms with Gasteiger partial charge in [0.1, 0.15) is 0 Å². The van der Waals surface area contributed by atoms with Gasteiger partial charge in [-0.05, 0) is 22.8 Å². The zero-order valence-electron chi connectivity index (χ0n) is 12.5. The number of hydrogen-bond acceptors (Lipinski definition) is 1. The predicted octanol–water partition coefficient (Wildman–Crippen LogP) is 5.27. The van der Waals surface area contributed by atoms with Gasteiger partial charge in [0, 0.05) is 24.2 Å². The minimum atomic E-state index is 0.377. The van der Waals surface area contributed by atoms with Crippen LogP contribution in [0.3, 0.4) is 0 Å². The number of benzene rings is 2. The van der Waals surface area contributed by atoms with E-state index in [-0.39, 0.29) is 0 Å². The van der Waals surface area contributed by atoms with Crippen LogP contribution in [0.2, 0.25) is 0 Å². The second-order valence-electron chi connectivity index (χ2n) is 5.47. The summed E-state index contributed by atoms with van der Waals surface area (Å²) in [5.74, 6) is 0.377. The highest BCUT2D eigenvalue weighted by molar-refractivity contribution is 6.01.